The molecule has 0 aliphatic carbocycles. The minimum atomic E-state index is -0.258. The number of nitrogens with zero attached hydrogens (tertiary/aromatic N) is 1. The van der Waals surface area contributed by atoms with E-state index in [1.54, 1.807) is 18.2 Å². The number of halogens is 2. The molecule has 0 aliphatic rings. The molecule has 0 amide bonds. The van der Waals surface area contributed by atoms with Gasteiger partial charge in [0.2, 0.25) is 5.52 Å². The maximum atomic E-state index is 13.6. The highest BCUT2D eigenvalue weighted by Gasteiger charge is 2.16. The number of pyridine rings is 1. The van der Waals surface area contributed by atoms with Crippen molar-refractivity contribution in [1.82, 2.24) is 0 Å². The van der Waals surface area contributed by atoms with Crippen molar-refractivity contribution in [2.75, 3.05) is 0 Å². The highest BCUT2D eigenvalue weighted by Crippen LogP contribution is 2.37. The van der Waals surface area contributed by atoms with Crippen LogP contribution in [0.3, 0.4) is 0 Å². The maximum absolute atomic E-state index is 13.6. The van der Waals surface area contributed by atoms with E-state index in [1.165, 1.54) is 29.5 Å². The lowest BCUT2D eigenvalue weighted by Crippen LogP contribution is -2.28. The predicted octanol–water partition coefficient (Wildman–Crippen LogP) is 4.31. The van der Waals surface area contributed by atoms with Crippen molar-refractivity contribution in [3.8, 4) is 0 Å². The lowest BCUT2D eigenvalue weighted by molar-refractivity contribution is -0.643. The molecule has 0 atom stereocenters. The molecule has 4 rings (SSSR count). The molecule has 2 heterocycles. The first-order valence-corrected chi connectivity index (χ1v) is 7.05. The Kier molecular flexibility index (Phi) is 2.32. The molecule has 4 aromatic rings. The van der Waals surface area contributed by atoms with Crippen molar-refractivity contribution in [2.24, 2.45) is 7.05 Å². The Bertz CT molecular complexity index is 988. The summed E-state index contributed by atoms with van der Waals surface area (Å²) in [7, 11) is 1.94. The third kappa shape index (κ3) is 1.55. The van der Waals surface area contributed by atoms with E-state index in [1.807, 2.05) is 17.8 Å². The Morgan fingerprint density at radius 3 is 2.50 bits per heavy atom. The van der Waals surface area contributed by atoms with Gasteiger partial charge in [-0.3, -0.25) is 0 Å². The fourth-order valence-electron chi connectivity index (χ4n) is 2.72. The van der Waals surface area contributed by atoms with Crippen molar-refractivity contribution in [3.05, 3.63) is 54.2 Å². The molecule has 20 heavy (non-hydrogen) atoms. The number of thiophene rings is 1. The average Bonchev–Trinajstić information content (AvgIpc) is 2.75. The summed E-state index contributed by atoms with van der Waals surface area (Å²) < 4.78 is 30.9. The first-order valence-electron chi connectivity index (χ1n) is 6.23. The van der Waals surface area contributed by atoms with Crippen LogP contribution in [0.5, 0.6) is 0 Å². The van der Waals surface area contributed by atoms with E-state index >= 15 is 0 Å². The fraction of sp³-hybridized carbons (Fsp3) is 0.0625. The van der Waals surface area contributed by atoms with Crippen molar-refractivity contribution in [2.45, 2.75) is 0 Å². The zero-order valence-electron chi connectivity index (χ0n) is 10.7. The van der Waals surface area contributed by atoms with Crippen LogP contribution in [0.25, 0.3) is 31.1 Å². The summed E-state index contributed by atoms with van der Waals surface area (Å²) in [5, 5.41) is 2.84. The number of fused-ring (bicyclic) bond motifs is 5. The van der Waals surface area contributed by atoms with Gasteiger partial charge in [0.05, 0.1) is 5.39 Å². The van der Waals surface area contributed by atoms with Crippen LogP contribution in [-0.4, -0.2) is 0 Å². The molecule has 2 aromatic carbocycles. The van der Waals surface area contributed by atoms with Crippen LogP contribution in [0.1, 0.15) is 0 Å². The van der Waals surface area contributed by atoms with Gasteiger partial charge in [0.15, 0.2) is 6.20 Å². The van der Waals surface area contributed by atoms with Crippen LogP contribution < -0.4 is 4.57 Å². The van der Waals surface area contributed by atoms with Crippen molar-refractivity contribution in [1.29, 1.82) is 0 Å². The van der Waals surface area contributed by atoms with E-state index in [2.05, 4.69) is 0 Å². The van der Waals surface area contributed by atoms with Crippen LogP contribution in [0.4, 0.5) is 8.78 Å². The second kappa shape index (κ2) is 3.96. The monoisotopic (exact) mass is 286 g/mol. The summed E-state index contributed by atoms with van der Waals surface area (Å²) in [6, 6.07) is 9.54. The van der Waals surface area contributed by atoms with E-state index in [9.17, 15) is 8.78 Å². The average molecular weight is 286 g/mol. The number of hydrogen-bond acceptors (Lipinski definition) is 1. The van der Waals surface area contributed by atoms with Gasteiger partial charge in [-0.1, -0.05) is 0 Å². The van der Waals surface area contributed by atoms with Gasteiger partial charge in [0, 0.05) is 21.5 Å². The van der Waals surface area contributed by atoms with Gasteiger partial charge in [0.25, 0.3) is 0 Å². The summed E-state index contributed by atoms with van der Waals surface area (Å²) in [4.78, 5) is 0. The Hall–Kier alpha value is -2.07. The third-order valence-electron chi connectivity index (χ3n) is 3.60. The van der Waals surface area contributed by atoms with E-state index in [0.717, 1.165) is 31.1 Å². The molecule has 0 bridgehead atoms. The third-order valence-corrected chi connectivity index (χ3v) is 4.69. The minimum absolute atomic E-state index is 0.246. The number of aryl methyl sites for hydroxylation is 1. The Morgan fingerprint density at radius 2 is 1.65 bits per heavy atom. The molecular formula is C16H10F2NS+. The van der Waals surface area contributed by atoms with Gasteiger partial charge >= 0.3 is 0 Å². The molecule has 0 saturated carbocycles. The lowest BCUT2D eigenvalue weighted by atomic mass is 10.1. The van der Waals surface area contributed by atoms with Crippen molar-refractivity contribution in [3.63, 3.8) is 0 Å². The molecule has 0 saturated heterocycles. The molecular weight excluding hydrogens is 276 g/mol. The molecule has 0 spiro atoms. The molecule has 2 aromatic heterocycles. The van der Waals surface area contributed by atoms with Gasteiger partial charge in [-0.15, -0.1) is 11.3 Å². The molecule has 0 N–H and O–H groups in total. The lowest BCUT2D eigenvalue weighted by Gasteiger charge is -2.00. The van der Waals surface area contributed by atoms with E-state index in [0.29, 0.717) is 0 Å². The minimum Gasteiger partial charge on any atom is -0.207 e. The van der Waals surface area contributed by atoms with E-state index in [-0.39, 0.29) is 11.6 Å². The fourth-order valence-corrected chi connectivity index (χ4v) is 3.94. The van der Waals surface area contributed by atoms with Crippen LogP contribution in [0, 0.1) is 11.6 Å². The largest absolute Gasteiger partial charge is 0.213 e. The highest BCUT2D eigenvalue weighted by molar-refractivity contribution is 7.26. The first kappa shape index (κ1) is 11.7. The van der Waals surface area contributed by atoms with Gasteiger partial charge in [-0.2, -0.15) is 4.57 Å². The Labute approximate surface area is 117 Å². The normalized spacial score (nSPS) is 11.8. The topological polar surface area (TPSA) is 3.88 Å². The molecule has 98 valence electrons. The van der Waals surface area contributed by atoms with Crippen LogP contribution in [0.2, 0.25) is 0 Å². The van der Waals surface area contributed by atoms with Crippen LogP contribution >= 0.6 is 11.3 Å². The Balaban J connectivity index is 2.33. The van der Waals surface area contributed by atoms with Crippen LogP contribution in [0.15, 0.2) is 42.6 Å². The van der Waals surface area contributed by atoms with Crippen LogP contribution in [-0.2, 0) is 7.05 Å². The molecule has 1 nitrogen and oxygen atoms in total. The quantitative estimate of drug-likeness (QED) is 0.424. The number of hydrogen-bond donors (Lipinski definition) is 0. The predicted molar refractivity (Wildman–Crippen MR) is 77.9 cm³/mol. The smallest absolute Gasteiger partial charge is 0.207 e. The summed E-state index contributed by atoms with van der Waals surface area (Å²) in [6.45, 7) is 0. The first-order chi connectivity index (χ1) is 9.63. The summed E-state index contributed by atoms with van der Waals surface area (Å²) in [5.41, 5.74) is 0.961. The Morgan fingerprint density at radius 1 is 0.900 bits per heavy atom. The zero-order chi connectivity index (χ0) is 13.9. The second-order valence-corrected chi connectivity index (χ2v) is 5.97. The van der Waals surface area contributed by atoms with Crippen molar-refractivity contribution >= 4 is 42.4 Å². The molecule has 0 fully saturated rings. The summed E-state index contributed by atoms with van der Waals surface area (Å²) in [6.07, 6.45) is 2.01. The van der Waals surface area contributed by atoms with Gasteiger partial charge < -0.3 is 0 Å². The summed E-state index contributed by atoms with van der Waals surface area (Å²) in [5.74, 6) is -0.504. The second-order valence-electron chi connectivity index (χ2n) is 4.88. The maximum Gasteiger partial charge on any atom is 0.213 e. The SMILES string of the molecule is C[n+]1cc2sc3cc(F)ccc3c2c2cc(F)ccc21. The van der Waals surface area contributed by atoms with Gasteiger partial charge in [-0.05, 0) is 30.3 Å². The van der Waals surface area contributed by atoms with Gasteiger partial charge in [-0.25, -0.2) is 8.78 Å². The molecule has 4 heteroatoms. The highest BCUT2D eigenvalue weighted by atomic mass is 32.1. The van der Waals surface area contributed by atoms with Gasteiger partial charge in [0.1, 0.15) is 23.4 Å². The zero-order valence-corrected chi connectivity index (χ0v) is 11.5. The van der Waals surface area contributed by atoms with Crippen molar-refractivity contribution < 1.29 is 13.3 Å². The number of benzene rings is 2. The molecule has 0 unspecified atom stereocenters. The summed E-state index contributed by atoms with van der Waals surface area (Å²) >= 11 is 1.53. The number of rotatable bonds is 0. The van der Waals surface area contributed by atoms with E-state index < -0.39 is 0 Å². The molecule has 0 aliphatic heterocycles. The standard InChI is InChI=1S/C16H10F2NS/c1-19-8-15-16(12-6-9(17)3-5-13(12)19)11-4-2-10(18)7-14(11)20-15/h2-8H,1H3/q+1. The molecule has 0 radical (unpaired) electrons. The number of aromatic nitrogens is 1. The van der Waals surface area contributed by atoms with E-state index in [4.69, 9.17) is 0 Å².